The average Bonchev–Trinajstić information content (AvgIpc) is 2.36. The van der Waals surface area contributed by atoms with Gasteiger partial charge in [-0.15, -0.1) is 0 Å². The zero-order chi connectivity index (χ0) is 16.2. The molecule has 0 atom stereocenters. The minimum absolute atomic E-state index is 0.288. The van der Waals surface area contributed by atoms with Gasteiger partial charge in [-0.3, -0.25) is 4.90 Å². The van der Waals surface area contributed by atoms with E-state index in [4.69, 9.17) is 9.47 Å². The lowest BCUT2D eigenvalue weighted by atomic mass is 10.2. The second kappa shape index (κ2) is 6.89. The molecule has 0 aliphatic rings. The van der Waals surface area contributed by atoms with Gasteiger partial charge in [0.25, 0.3) is 0 Å². The molecule has 0 aliphatic heterocycles. The fourth-order valence-corrected chi connectivity index (χ4v) is 2.04. The highest BCUT2D eigenvalue weighted by Crippen LogP contribution is 2.25. The van der Waals surface area contributed by atoms with Gasteiger partial charge in [-0.05, 0) is 49.7 Å². The lowest BCUT2D eigenvalue weighted by molar-refractivity contribution is 0.0525. The van der Waals surface area contributed by atoms with E-state index in [0.717, 1.165) is 0 Å². The Morgan fingerprint density at radius 2 is 2.00 bits per heavy atom. The van der Waals surface area contributed by atoms with Crippen molar-refractivity contribution in [3.8, 4) is 0 Å². The van der Waals surface area contributed by atoms with Crippen LogP contribution in [-0.2, 0) is 9.47 Å². The molecule has 0 spiro atoms. The largest absolute Gasteiger partial charge is 0.462 e. The zero-order valence-corrected chi connectivity index (χ0v) is 14.4. The van der Waals surface area contributed by atoms with Crippen LogP contribution in [0, 0.1) is 0 Å². The van der Waals surface area contributed by atoms with Crippen LogP contribution in [0.25, 0.3) is 0 Å². The number of halogens is 1. The second-order valence-corrected chi connectivity index (χ2v) is 6.14. The fraction of sp³-hybridized carbons (Fsp3) is 0.500. The molecule has 0 aliphatic carbocycles. The number of pyridine rings is 1. The lowest BCUT2D eigenvalue weighted by Crippen LogP contribution is -2.34. The van der Waals surface area contributed by atoms with Gasteiger partial charge in [0.1, 0.15) is 5.60 Å². The molecular weight excluding hydrogens is 340 g/mol. The molecule has 116 valence electrons. The number of amides is 1. The zero-order valence-electron chi connectivity index (χ0n) is 12.8. The molecule has 1 aromatic rings. The number of hydrogen-bond acceptors (Lipinski definition) is 5. The quantitative estimate of drug-likeness (QED) is 0.774. The summed E-state index contributed by atoms with van der Waals surface area (Å²) in [5.41, 5.74) is -0.284. The highest BCUT2D eigenvalue weighted by molar-refractivity contribution is 9.10. The summed E-state index contributed by atoms with van der Waals surface area (Å²) in [6.07, 6.45) is 0.832. The molecule has 1 rings (SSSR count). The average molecular weight is 359 g/mol. The van der Waals surface area contributed by atoms with Gasteiger partial charge in [0.15, 0.2) is 5.82 Å². The van der Waals surface area contributed by atoms with E-state index in [1.54, 1.807) is 40.8 Å². The van der Waals surface area contributed by atoms with Gasteiger partial charge in [-0.2, -0.15) is 0 Å². The predicted octanol–water partition coefficient (Wildman–Crippen LogP) is 3.39. The van der Waals surface area contributed by atoms with Crippen LogP contribution in [-0.4, -0.2) is 36.3 Å². The predicted molar refractivity (Wildman–Crippen MR) is 82.5 cm³/mol. The van der Waals surface area contributed by atoms with Gasteiger partial charge in [0, 0.05) is 13.2 Å². The Hall–Kier alpha value is -1.63. The number of nitrogens with zero attached hydrogens (tertiary/aromatic N) is 2. The van der Waals surface area contributed by atoms with Crippen LogP contribution in [0.15, 0.2) is 16.7 Å². The fourth-order valence-electron chi connectivity index (χ4n) is 1.42. The Labute approximate surface area is 132 Å². The number of carbonyl (C=O) groups excluding carboxylic acids is 2. The van der Waals surface area contributed by atoms with E-state index in [9.17, 15) is 9.59 Å². The molecular formula is C14H19BrN2O4. The van der Waals surface area contributed by atoms with Crippen molar-refractivity contribution in [3.63, 3.8) is 0 Å². The molecule has 0 saturated carbocycles. The van der Waals surface area contributed by atoms with Crippen molar-refractivity contribution in [1.29, 1.82) is 0 Å². The Bertz CT molecular complexity index is 540. The number of anilines is 1. The minimum atomic E-state index is -0.595. The molecule has 0 N–H and O–H groups in total. The van der Waals surface area contributed by atoms with Gasteiger partial charge >= 0.3 is 12.1 Å². The smallest absolute Gasteiger partial charge is 0.415 e. The number of rotatable bonds is 3. The maximum Gasteiger partial charge on any atom is 0.415 e. The van der Waals surface area contributed by atoms with Crippen molar-refractivity contribution < 1.29 is 19.1 Å². The summed E-state index contributed by atoms with van der Waals surface area (Å²) >= 11 is 3.30. The first-order valence-electron chi connectivity index (χ1n) is 6.45. The first-order valence-corrected chi connectivity index (χ1v) is 7.24. The van der Waals surface area contributed by atoms with E-state index in [1.807, 2.05) is 0 Å². The SMILES string of the molecule is CCOC(=O)c1cnc(N(C)C(=O)OC(C)(C)C)c(Br)c1. The number of ether oxygens (including phenoxy) is 2. The van der Waals surface area contributed by atoms with Crippen LogP contribution < -0.4 is 4.90 Å². The van der Waals surface area contributed by atoms with Crippen molar-refractivity contribution in [2.24, 2.45) is 0 Å². The van der Waals surface area contributed by atoms with Crippen LogP contribution >= 0.6 is 15.9 Å². The third kappa shape index (κ3) is 5.00. The summed E-state index contributed by atoms with van der Waals surface area (Å²) in [4.78, 5) is 29.0. The van der Waals surface area contributed by atoms with E-state index in [-0.39, 0.29) is 6.61 Å². The number of esters is 1. The highest BCUT2D eigenvalue weighted by Gasteiger charge is 2.23. The monoisotopic (exact) mass is 358 g/mol. The molecule has 1 aromatic heterocycles. The van der Waals surface area contributed by atoms with E-state index in [0.29, 0.717) is 15.9 Å². The van der Waals surface area contributed by atoms with Crippen molar-refractivity contribution in [2.45, 2.75) is 33.3 Å². The van der Waals surface area contributed by atoms with Crippen molar-refractivity contribution >= 4 is 33.8 Å². The molecule has 0 bridgehead atoms. The number of aromatic nitrogens is 1. The molecule has 0 saturated heterocycles. The Morgan fingerprint density at radius 1 is 1.38 bits per heavy atom. The normalized spacial score (nSPS) is 11.0. The summed E-state index contributed by atoms with van der Waals surface area (Å²) in [6.45, 7) is 7.36. The first-order chi connectivity index (χ1) is 9.65. The van der Waals surface area contributed by atoms with E-state index < -0.39 is 17.7 Å². The second-order valence-electron chi connectivity index (χ2n) is 5.29. The van der Waals surface area contributed by atoms with Crippen molar-refractivity contribution in [1.82, 2.24) is 4.98 Å². The van der Waals surface area contributed by atoms with E-state index in [2.05, 4.69) is 20.9 Å². The molecule has 7 heteroatoms. The minimum Gasteiger partial charge on any atom is -0.462 e. The molecule has 0 fully saturated rings. The molecule has 0 aromatic carbocycles. The molecule has 0 unspecified atom stereocenters. The summed E-state index contributed by atoms with van der Waals surface area (Å²) in [7, 11) is 1.55. The summed E-state index contributed by atoms with van der Waals surface area (Å²) in [5, 5.41) is 0. The number of carbonyl (C=O) groups is 2. The Morgan fingerprint density at radius 3 is 2.48 bits per heavy atom. The maximum absolute atomic E-state index is 12.0. The van der Waals surface area contributed by atoms with Crippen LogP contribution in [0.4, 0.5) is 10.6 Å². The van der Waals surface area contributed by atoms with Gasteiger partial charge in [0.05, 0.1) is 16.6 Å². The molecule has 21 heavy (non-hydrogen) atoms. The van der Waals surface area contributed by atoms with Gasteiger partial charge < -0.3 is 9.47 Å². The van der Waals surface area contributed by atoms with Crippen LogP contribution in [0.2, 0.25) is 0 Å². The third-order valence-corrected chi connectivity index (χ3v) is 2.90. The van der Waals surface area contributed by atoms with Crippen molar-refractivity contribution in [3.05, 3.63) is 22.3 Å². The topological polar surface area (TPSA) is 68.7 Å². The Balaban J connectivity index is 2.94. The van der Waals surface area contributed by atoms with Gasteiger partial charge in [-0.25, -0.2) is 14.6 Å². The van der Waals surface area contributed by atoms with Crippen LogP contribution in [0.3, 0.4) is 0 Å². The van der Waals surface area contributed by atoms with Crippen LogP contribution in [0.5, 0.6) is 0 Å². The first kappa shape index (κ1) is 17.4. The van der Waals surface area contributed by atoms with E-state index in [1.165, 1.54) is 11.1 Å². The van der Waals surface area contributed by atoms with Crippen LogP contribution in [0.1, 0.15) is 38.1 Å². The summed E-state index contributed by atoms with van der Waals surface area (Å²) < 4.78 is 10.7. The van der Waals surface area contributed by atoms with E-state index >= 15 is 0 Å². The lowest BCUT2D eigenvalue weighted by Gasteiger charge is -2.24. The molecule has 6 nitrogen and oxygen atoms in total. The number of hydrogen-bond donors (Lipinski definition) is 0. The van der Waals surface area contributed by atoms with Gasteiger partial charge in [0.2, 0.25) is 0 Å². The summed E-state index contributed by atoms with van der Waals surface area (Å²) in [5.74, 6) is -0.102. The highest BCUT2D eigenvalue weighted by atomic mass is 79.9. The standard InChI is InChI=1S/C14H19BrN2O4/c1-6-20-12(18)9-7-10(15)11(16-8-9)17(5)13(19)21-14(2,3)4/h7-8H,6H2,1-5H3. The van der Waals surface area contributed by atoms with Crippen molar-refractivity contribution in [2.75, 3.05) is 18.6 Å². The third-order valence-electron chi connectivity index (χ3n) is 2.32. The molecule has 0 radical (unpaired) electrons. The molecule has 1 amide bonds. The maximum atomic E-state index is 12.0. The summed E-state index contributed by atoms with van der Waals surface area (Å²) in [6, 6.07) is 1.56. The Kier molecular flexibility index (Phi) is 5.71. The molecule has 1 heterocycles. The van der Waals surface area contributed by atoms with Gasteiger partial charge in [-0.1, -0.05) is 0 Å².